The van der Waals surface area contributed by atoms with Gasteiger partial charge in [-0.2, -0.15) is 0 Å². The maximum absolute atomic E-state index is 5.58. The van der Waals surface area contributed by atoms with Gasteiger partial charge in [-0.15, -0.1) is 0 Å². The Morgan fingerprint density at radius 1 is 1.33 bits per heavy atom. The molecular formula is C13H16BrN3O. The second kappa shape index (κ2) is 5.12. The lowest BCUT2D eigenvalue weighted by atomic mass is 10.0. The van der Waals surface area contributed by atoms with E-state index in [2.05, 4.69) is 38.0 Å². The van der Waals surface area contributed by atoms with Gasteiger partial charge < -0.3 is 15.5 Å². The molecule has 1 aromatic carbocycles. The van der Waals surface area contributed by atoms with Crippen LogP contribution in [0.3, 0.4) is 0 Å². The molecule has 0 bridgehead atoms. The summed E-state index contributed by atoms with van der Waals surface area (Å²) >= 11 is 3.47. The lowest BCUT2D eigenvalue weighted by Crippen LogP contribution is -1.98. The molecule has 0 amide bonds. The Labute approximate surface area is 115 Å². The summed E-state index contributed by atoms with van der Waals surface area (Å²) in [6.07, 6.45) is 0. The first-order valence-corrected chi connectivity index (χ1v) is 6.46. The summed E-state index contributed by atoms with van der Waals surface area (Å²) in [5.74, 6) is 1.69. The highest BCUT2D eigenvalue weighted by molar-refractivity contribution is 9.10. The number of nitrogens with zero attached hydrogens (tertiary/aromatic N) is 1. The largest absolute Gasteiger partial charge is 0.496 e. The number of ether oxygens (including phenoxy) is 1. The van der Waals surface area contributed by atoms with Crippen LogP contribution >= 0.6 is 15.9 Å². The fourth-order valence-corrected chi connectivity index (χ4v) is 2.64. The van der Waals surface area contributed by atoms with Crippen molar-refractivity contribution in [2.75, 3.05) is 7.11 Å². The monoisotopic (exact) mass is 309 g/mol. The normalized spacial score (nSPS) is 10.7. The Kier molecular flexibility index (Phi) is 3.73. The quantitative estimate of drug-likeness (QED) is 0.916. The van der Waals surface area contributed by atoms with Crippen molar-refractivity contribution in [1.82, 2.24) is 9.97 Å². The van der Waals surface area contributed by atoms with Crippen LogP contribution in [0.5, 0.6) is 5.75 Å². The molecular weight excluding hydrogens is 294 g/mol. The number of hydrogen-bond acceptors (Lipinski definition) is 3. The SMILES string of the molecule is COc1c(C)cc(-c2nc(CN)[nH]c2Br)cc1C. The number of imidazole rings is 1. The van der Waals surface area contributed by atoms with Crippen molar-refractivity contribution in [3.05, 3.63) is 33.7 Å². The van der Waals surface area contributed by atoms with Crippen molar-refractivity contribution < 1.29 is 4.74 Å². The Morgan fingerprint density at radius 2 is 1.94 bits per heavy atom. The number of benzene rings is 1. The number of nitrogens with two attached hydrogens (primary N) is 1. The molecule has 0 aliphatic carbocycles. The molecule has 5 heteroatoms. The van der Waals surface area contributed by atoms with Crippen LogP contribution in [0.1, 0.15) is 17.0 Å². The van der Waals surface area contributed by atoms with Gasteiger partial charge in [0.15, 0.2) is 0 Å². The predicted octanol–water partition coefficient (Wildman–Crippen LogP) is 2.92. The number of nitrogens with one attached hydrogen (secondary N) is 1. The number of rotatable bonds is 3. The molecule has 2 aromatic rings. The van der Waals surface area contributed by atoms with E-state index in [1.54, 1.807) is 7.11 Å². The molecule has 0 saturated carbocycles. The molecule has 2 rings (SSSR count). The van der Waals surface area contributed by atoms with Crippen LogP contribution in [0.4, 0.5) is 0 Å². The number of H-pyrrole nitrogens is 1. The number of methoxy groups -OCH3 is 1. The summed E-state index contributed by atoms with van der Waals surface area (Å²) in [7, 11) is 1.69. The smallest absolute Gasteiger partial charge is 0.124 e. The zero-order chi connectivity index (χ0) is 13.3. The summed E-state index contributed by atoms with van der Waals surface area (Å²) in [6.45, 7) is 4.45. The summed E-state index contributed by atoms with van der Waals surface area (Å²) in [6, 6.07) is 4.13. The van der Waals surface area contributed by atoms with Gasteiger partial charge in [0.1, 0.15) is 21.9 Å². The fraction of sp³-hybridized carbons (Fsp3) is 0.308. The van der Waals surface area contributed by atoms with Crippen LogP contribution in [-0.4, -0.2) is 17.1 Å². The number of hydrogen-bond donors (Lipinski definition) is 2. The minimum Gasteiger partial charge on any atom is -0.496 e. The summed E-state index contributed by atoms with van der Waals surface area (Å²) < 4.78 is 6.22. The first-order valence-electron chi connectivity index (χ1n) is 5.67. The van der Waals surface area contributed by atoms with Crippen molar-refractivity contribution in [3.63, 3.8) is 0 Å². The molecule has 4 nitrogen and oxygen atoms in total. The average molecular weight is 310 g/mol. The van der Waals surface area contributed by atoms with E-state index in [1.807, 2.05) is 13.8 Å². The molecule has 0 unspecified atom stereocenters. The molecule has 96 valence electrons. The van der Waals surface area contributed by atoms with Crippen LogP contribution in [-0.2, 0) is 6.54 Å². The number of aromatic amines is 1. The second-order valence-electron chi connectivity index (χ2n) is 4.19. The molecule has 0 saturated heterocycles. The Hall–Kier alpha value is -1.33. The van der Waals surface area contributed by atoms with E-state index >= 15 is 0 Å². The average Bonchev–Trinajstić information content (AvgIpc) is 2.70. The van der Waals surface area contributed by atoms with Gasteiger partial charge in [-0.1, -0.05) is 0 Å². The van der Waals surface area contributed by atoms with E-state index in [4.69, 9.17) is 10.5 Å². The number of halogens is 1. The zero-order valence-corrected chi connectivity index (χ0v) is 12.3. The first kappa shape index (κ1) is 13.1. The standard InChI is InChI=1S/C13H16BrN3O/c1-7-4-9(5-8(2)12(7)18-3)11-13(14)17-10(6-15)16-11/h4-5H,6,15H2,1-3H3,(H,16,17). The minimum atomic E-state index is 0.396. The summed E-state index contributed by atoms with van der Waals surface area (Å²) in [5.41, 5.74) is 9.70. The van der Waals surface area contributed by atoms with Gasteiger partial charge in [-0.25, -0.2) is 4.98 Å². The van der Waals surface area contributed by atoms with Gasteiger partial charge in [0.2, 0.25) is 0 Å². The van der Waals surface area contributed by atoms with Gasteiger partial charge in [0.05, 0.1) is 13.7 Å². The van der Waals surface area contributed by atoms with Gasteiger partial charge >= 0.3 is 0 Å². The molecule has 0 spiro atoms. The molecule has 1 heterocycles. The van der Waals surface area contributed by atoms with Crippen LogP contribution < -0.4 is 10.5 Å². The third kappa shape index (κ3) is 2.28. The van der Waals surface area contributed by atoms with Crippen LogP contribution in [0.15, 0.2) is 16.7 Å². The molecule has 0 radical (unpaired) electrons. The molecule has 0 aliphatic rings. The van der Waals surface area contributed by atoms with Gasteiger partial charge in [-0.05, 0) is 53.0 Å². The lowest BCUT2D eigenvalue weighted by molar-refractivity contribution is 0.408. The van der Waals surface area contributed by atoms with Crippen molar-refractivity contribution in [3.8, 4) is 17.0 Å². The van der Waals surface area contributed by atoms with Crippen LogP contribution in [0.25, 0.3) is 11.3 Å². The van der Waals surface area contributed by atoms with E-state index < -0.39 is 0 Å². The predicted molar refractivity (Wildman–Crippen MR) is 75.6 cm³/mol. The van der Waals surface area contributed by atoms with Crippen molar-refractivity contribution in [2.45, 2.75) is 20.4 Å². The summed E-state index contributed by atoms with van der Waals surface area (Å²) in [4.78, 5) is 7.58. The van der Waals surface area contributed by atoms with E-state index in [-0.39, 0.29) is 0 Å². The molecule has 3 N–H and O–H groups in total. The van der Waals surface area contributed by atoms with Crippen molar-refractivity contribution in [2.24, 2.45) is 5.73 Å². The van der Waals surface area contributed by atoms with Crippen LogP contribution in [0.2, 0.25) is 0 Å². The molecule has 0 atom stereocenters. The minimum absolute atomic E-state index is 0.396. The third-order valence-corrected chi connectivity index (χ3v) is 3.41. The summed E-state index contributed by atoms with van der Waals surface area (Å²) in [5, 5.41) is 0. The molecule has 0 fully saturated rings. The highest BCUT2D eigenvalue weighted by atomic mass is 79.9. The second-order valence-corrected chi connectivity index (χ2v) is 4.99. The highest BCUT2D eigenvalue weighted by Crippen LogP contribution is 2.32. The van der Waals surface area contributed by atoms with Gasteiger partial charge in [0.25, 0.3) is 0 Å². The highest BCUT2D eigenvalue weighted by Gasteiger charge is 2.12. The molecule has 18 heavy (non-hydrogen) atoms. The van der Waals surface area contributed by atoms with E-state index in [1.165, 1.54) is 0 Å². The Balaban J connectivity index is 2.54. The zero-order valence-electron chi connectivity index (χ0n) is 10.7. The Morgan fingerprint density at radius 3 is 2.39 bits per heavy atom. The van der Waals surface area contributed by atoms with Crippen LogP contribution in [0, 0.1) is 13.8 Å². The topological polar surface area (TPSA) is 63.9 Å². The van der Waals surface area contributed by atoms with Crippen molar-refractivity contribution in [1.29, 1.82) is 0 Å². The number of aromatic nitrogens is 2. The van der Waals surface area contributed by atoms with Gasteiger partial charge in [0, 0.05) is 5.56 Å². The van der Waals surface area contributed by atoms with Gasteiger partial charge in [-0.3, -0.25) is 0 Å². The maximum atomic E-state index is 5.58. The Bertz CT molecular complexity index is 555. The lowest BCUT2D eigenvalue weighted by Gasteiger charge is -2.10. The number of aryl methyl sites for hydroxylation is 2. The molecule has 1 aromatic heterocycles. The third-order valence-electron chi connectivity index (χ3n) is 2.84. The molecule has 0 aliphatic heterocycles. The first-order chi connectivity index (χ1) is 8.56. The van der Waals surface area contributed by atoms with E-state index in [0.29, 0.717) is 6.54 Å². The van der Waals surface area contributed by atoms with E-state index in [9.17, 15) is 0 Å². The van der Waals surface area contributed by atoms with Crippen molar-refractivity contribution >= 4 is 15.9 Å². The maximum Gasteiger partial charge on any atom is 0.124 e. The van der Waals surface area contributed by atoms with E-state index in [0.717, 1.165) is 38.6 Å². The fourth-order valence-electron chi connectivity index (χ4n) is 2.09.